The van der Waals surface area contributed by atoms with Crippen LogP contribution in [-0.4, -0.2) is 78.6 Å². The molecule has 46 heavy (non-hydrogen) atoms. The molecule has 0 aromatic heterocycles. The number of ether oxygens (including phenoxy) is 5. The van der Waals surface area contributed by atoms with Gasteiger partial charge < -0.3 is 33.9 Å². The van der Waals surface area contributed by atoms with Gasteiger partial charge in [0.1, 0.15) is 6.10 Å². The maximum atomic E-state index is 13.4. The van der Waals surface area contributed by atoms with Gasteiger partial charge in [-0.25, -0.2) is 9.59 Å². The Morgan fingerprint density at radius 1 is 1.11 bits per heavy atom. The fourth-order valence-electron chi connectivity index (χ4n) is 10.4. The van der Waals surface area contributed by atoms with E-state index in [0.717, 1.165) is 16.7 Å². The van der Waals surface area contributed by atoms with E-state index in [1.165, 1.54) is 19.3 Å². The minimum atomic E-state index is -1.28. The zero-order valence-electron chi connectivity index (χ0n) is 26.8. The number of benzene rings is 1. The number of hydrogen-bond acceptors (Lipinski definition) is 10. The summed E-state index contributed by atoms with van der Waals surface area (Å²) in [5, 5.41) is 21.6. The van der Waals surface area contributed by atoms with Crippen LogP contribution in [-0.2, 0) is 38.1 Å². The van der Waals surface area contributed by atoms with E-state index in [9.17, 15) is 24.6 Å². The molecule has 0 radical (unpaired) electrons. The lowest BCUT2D eigenvalue weighted by Gasteiger charge is -2.65. The SMILES string of the molecule is COC(=O)CC1C2(C)C3=C(C)C(C4=CC(O)OC4=O)CC3OC2C2OCC3(C)C(O)CC(OC(=O)C=Cc4ccccc4)C1(C)C23. The van der Waals surface area contributed by atoms with Gasteiger partial charge in [0, 0.05) is 52.6 Å². The zero-order valence-corrected chi connectivity index (χ0v) is 26.8. The maximum Gasteiger partial charge on any atom is 0.337 e. The summed E-state index contributed by atoms with van der Waals surface area (Å²) in [6.07, 6.45) is 1.17. The molecule has 3 heterocycles. The van der Waals surface area contributed by atoms with Crippen molar-refractivity contribution in [3.8, 4) is 0 Å². The fraction of sp³-hybridized carbons (Fsp3) is 0.583. The first-order valence-electron chi connectivity index (χ1n) is 16.1. The second-order valence-corrected chi connectivity index (χ2v) is 14.5. The van der Waals surface area contributed by atoms with Gasteiger partial charge >= 0.3 is 17.9 Å². The second kappa shape index (κ2) is 10.9. The van der Waals surface area contributed by atoms with E-state index in [2.05, 4.69) is 13.8 Å². The number of hydrogen-bond donors (Lipinski definition) is 2. The minimum Gasteiger partial charge on any atom is -0.469 e. The molecular formula is C36H42O10. The molecule has 2 N–H and O–H groups in total. The summed E-state index contributed by atoms with van der Waals surface area (Å²) in [6, 6.07) is 9.45. The molecule has 4 fully saturated rings. The van der Waals surface area contributed by atoms with E-state index in [4.69, 9.17) is 23.7 Å². The molecule has 2 saturated carbocycles. The third-order valence-corrected chi connectivity index (χ3v) is 12.4. The van der Waals surface area contributed by atoms with E-state index < -0.39 is 70.8 Å². The van der Waals surface area contributed by atoms with Crippen molar-refractivity contribution in [2.75, 3.05) is 13.7 Å². The van der Waals surface area contributed by atoms with Crippen LogP contribution in [0.25, 0.3) is 6.08 Å². The molecule has 246 valence electrons. The van der Waals surface area contributed by atoms with Gasteiger partial charge in [0.15, 0.2) is 0 Å². The Labute approximate surface area is 268 Å². The lowest BCUT2D eigenvalue weighted by atomic mass is 9.40. The number of carbonyl (C=O) groups excluding carboxylic acids is 3. The third kappa shape index (κ3) is 4.33. The molecule has 1 aromatic rings. The number of cyclic esters (lactones) is 1. The van der Waals surface area contributed by atoms with E-state index in [1.807, 2.05) is 44.2 Å². The van der Waals surface area contributed by atoms with Gasteiger partial charge in [0.05, 0.1) is 38.1 Å². The Kier molecular flexibility index (Phi) is 7.40. The van der Waals surface area contributed by atoms with Gasteiger partial charge in [-0.15, -0.1) is 0 Å². The summed E-state index contributed by atoms with van der Waals surface area (Å²) in [6.45, 7) is 8.47. The van der Waals surface area contributed by atoms with Gasteiger partial charge in [-0.2, -0.15) is 0 Å². The Balaban J connectivity index is 1.34. The van der Waals surface area contributed by atoms with E-state index in [-0.39, 0.29) is 30.8 Å². The zero-order chi connectivity index (χ0) is 32.8. The van der Waals surface area contributed by atoms with Crippen molar-refractivity contribution in [3.63, 3.8) is 0 Å². The smallest absolute Gasteiger partial charge is 0.337 e. The highest BCUT2D eigenvalue weighted by molar-refractivity contribution is 5.92. The summed E-state index contributed by atoms with van der Waals surface area (Å²) < 4.78 is 30.1. The molecule has 0 spiro atoms. The molecule has 10 heteroatoms. The molecule has 3 aliphatic heterocycles. The molecule has 1 aromatic carbocycles. The van der Waals surface area contributed by atoms with Crippen LogP contribution in [0.1, 0.15) is 52.5 Å². The van der Waals surface area contributed by atoms with E-state index in [0.29, 0.717) is 18.6 Å². The number of allylic oxidation sites excluding steroid dienone is 1. The number of aliphatic hydroxyl groups is 2. The molecule has 0 bridgehead atoms. The first kappa shape index (κ1) is 31.3. The van der Waals surface area contributed by atoms with Crippen molar-refractivity contribution < 1.29 is 48.3 Å². The normalized spacial score (nSPS) is 44.0. The number of fused-ring (bicyclic) bond motifs is 4. The van der Waals surface area contributed by atoms with Crippen LogP contribution < -0.4 is 0 Å². The molecule has 10 nitrogen and oxygen atoms in total. The van der Waals surface area contributed by atoms with Crippen molar-refractivity contribution in [2.24, 2.45) is 34.0 Å². The van der Waals surface area contributed by atoms with Gasteiger partial charge in [-0.3, -0.25) is 4.79 Å². The van der Waals surface area contributed by atoms with Gasteiger partial charge in [0.2, 0.25) is 6.29 Å². The predicted octanol–water partition coefficient (Wildman–Crippen LogP) is 3.51. The monoisotopic (exact) mass is 634 g/mol. The van der Waals surface area contributed by atoms with Crippen LogP contribution in [0.5, 0.6) is 0 Å². The standard InChI is InChI=1S/C36H42O10/c1-18-20(21-14-28(40)46-33(21)41)13-22-29(18)36(4)23(15-27(39)42-5)35(3)25(45-26(38)12-11-19-9-7-6-8-10-19)16-24(37)34(2)17-43-30(31(34)35)32(36)44-22/h6-12,14,20,22-25,28,30-32,37,40H,13,15-17H2,1-5H3. The Hall–Kier alpha value is -3.31. The lowest BCUT2D eigenvalue weighted by molar-refractivity contribution is -0.248. The van der Waals surface area contributed by atoms with Gasteiger partial charge in [-0.05, 0) is 42.6 Å². The summed E-state index contributed by atoms with van der Waals surface area (Å²) in [7, 11) is 1.36. The predicted molar refractivity (Wildman–Crippen MR) is 163 cm³/mol. The average Bonchev–Trinajstić information content (AvgIpc) is 3.74. The number of carbonyl (C=O) groups is 3. The summed E-state index contributed by atoms with van der Waals surface area (Å²) in [5.41, 5.74) is 0.929. The summed E-state index contributed by atoms with van der Waals surface area (Å²) in [4.78, 5) is 39.4. The average molecular weight is 635 g/mol. The van der Waals surface area contributed by atoms with Crippen molar-refractivity contribution >= 4 is 24.0 Å². The molecule has 0 amide bonds. The highest BCUT2D eigenvalue weighted by Crippen LogP contribution is 2.73. The van der Waals surface area contributed by atoms with Crippen LogP contribution in [0.3, 0.4) is 0 Å². The highest BCUT2D eigenvalue weighted by atomic mass is 16.6. The highest BCUT2D eigenvalue weighted by Gasteiger charge is 2.78. The van der Waals surface area contributed by atoms with Crippen LogP contribution in [0.2, 0.25) is 0 Å². The van der Waals surface area contributed by atoms with Crippen LogP contribution in [0.4, 0.5) is 0 Å². The van der Waals surface area contributed by atoms with E-state index in [1.54, 1.807) is 6.08 Å². The Morgan fingerprint density at radius 2 is 1.85 bits per heavy atom. The van der Waals surface area contributed by atoms with Crippen molar-refractivity contribution in [1.82, 2.24) is 0 Å². The molecular weight excluding hydrogens is 592 g/mol. The van der Waals surface area contributed by atoms with Gasteiger partial charge in [0.25, 0.3) is 0 Å². The van der Waals surface area contributed by atoms with Gasteiger partial charge in [-0.1, -0.05) is 56.7 Å². The molecule has 2 saturated heterocycles. The Bertz CT molecular complexity index is 1550. The quantitative estimate of drug-likeness (QED) is 0.207. The van der Waals surface area contributed by atoms with Crippen molar-refractivity contribution in [3.05, 3.63) is 64.8 Å². The number of aliphatic hydroxyl groups excluding tert-OH is 2. The minimum absolute atomic E-state index is 0.0320. The van der Waals surface area contributed by atoms with Crippen LogP contribution >= 0.6 is 0 Å². The molecule has 6 aliphatic rings. The molecule has 12 unspecified atom stereocenters. The lowest BCUT2D eigenvalue weighted by Crippen LogP contribution is -2.70. The number of esters is 3. The largest absolute Gasteiger partial charge is 0.469 e. The molecule has 7 rings (SSSR count). The second-order valence-electron chi connectivity index (χ2n) is 14.5. The van der Waals surface area contributed by atoms with Crippen LogP contribution in [0, 0.1) is 34.0 Å². The Morgan fingerprint density at radius 3 is 2.52 bits per heavy atom. The van der Waals surface area contributed by atoms with E-state index >= 15 is 0 Å². The maximum absolute atomic E-state index is 13.4. The van der Waals surface area contributed by atoms with Crippen molar-refractivity contribution in [1.29, 1.82) is 0 Å². The summed E-state index contributed by atoms with van der Waals surface area (Å²) in [5.74, 6) is -2.53. The first-order chi connectivity index (χ1) is 21.8. The van der Waals surface area contributed by atoms with Crippen LogP contribution in [0.15, 0.2) is 59.2 Å². The first-order valence-corrected chi connectivity index (χ1v) is 16.1. The fourth-order valence-corrected chi connectivity index (χ4v) is 10.4. The topological polar surface area (TPSA) is 138 Å². The number of rotatable bonds is 6. The summed E-state index contributed by atoms with van der Waals surface area (Å²) >= 11 is 0. The number of methoxy groups -OCH3 is 1. The molecule has 3 aliphatic carbocycles. The third-order valence-electron chi connectivity index (χ3n) is 12.4. The van der Waals surface area contributed by atoms with Crippen molar-refractivity contribution in [2.45, 2.75) is 83.8 Å². The molecule has 12 atom stereocenters.